The Bertz CT molecular complexity index is 24.0. The van der Waals surface area contributed by atoms with Crippen LogP contribution in [0.5, 0.6) is 0 Å². The lowest BCUT2D eigenvalue weighted by atomic mass is 9.81. The zero-order chi connectivity index (χ0) is 5.41. The summed E-state index contributed by atoms with van der Waals surface area (Å²) in [6.45, 7) is 0. The predicted octanol–water partition coefficient (Wildman–Crippen LogP) is 7.88. The Hall–Kier alpha value is 1.72. The third-order valence-corrected chi connectivity index (χ3v) is 0. The quantitative estimate of drug-likeness (QED) is 0.240. The summed E-state index contributed by atoms with van der Waals surface area (Å²) in [7, 11) is 9.42. The van der Waals surface area contributed by atoms with E-state index in [0.29, 0.717) is 0 Å². The minimum atomic E-state index is 0. The van der Waals surface area contributed by atoms with E-state index in [1.165, 1.54) is 10.1 Å². The van der Waals surface area contributed by atoms with Crippen LogP contribution >= 0.6 is 44.7 Å². The van der Waals surface area contributed by atoms with Crippen molar-refractivity contribution in [2.24, 2.45) is 0 Å². The molecule has 0 aromatic carbocycles. The molecule has 6 radical (unpaired) electrons. The molecule has 0 bridgehead atoms. The van der Waals surface area contributed by atoms with Crippen LogP contribution in [-0.4, -0.2) is 25.5 Å². The summed E-state index contributed by atoms with van der Waals surface area (Å²) < 4.78 is 0. The van der Waals surface area contributed by atoms with E-state index in [1.54, 1.807) is 0 Å². The van der Waals surface area contributed by atoms with Crippen LogP contribution < -0.4 is 0 Å². The molecule has 0 unspecified atom stereocenters. The van der Waals surface area contributed by atoms with E-state index < -0.39 is 0 Å². The molecule has 0 nitrogen and oxygen atoms in total. The van der Waals surface area contributed by atoms with Crippen molar-refractivity contribution in [1.29, 1.82) is 0 Å². The Morgan fingerprint density at radius 1 is 0.389 bits per heavy atom. The molecule has 0 saturated carbocycles. The maximum atomic E-state index is 4.71. The van der Waals surface area contributed by atoms with Gasteiger partial charge in [-0.15, -0.1) is 0 Å². The highest BCUT2D eigenvalue weighted by atomic mass is 127. The van der Waals surface area contributed by atoms with Gasteiger partial charge >= 0.3 is 0 Å². The molecule has 122 valence electrons. The fourth-order valence-corrected chi connectivity index (χ4v) is 0. The zero-order valence-corrected chi connectivity index (χ0v) is 7.38. The number of hydrogen-bond acceptors (Lipinski definition) is 0. The predicted molar refractivity (Wildman–Crippen MR) is 132 cm³/mol. The molecule has 0 fully saturated rings. The monoisotopic (exact) mass is 490 g/mol. The minimum Gasteiger partial charge on any atom is -0.171 e. The van der Waals surface area contributed by atoms with Crippen LogP contribution in [-0.2, 0) is 0 Å². The van der Waals surface area contributed by atoms with Crippen LogP contribution in [0.1, 0.15) is 89.1 Å². The second-order valence-corrected chi connectivity index (χ2v) is 1.69. The average molecular weight is 490 g/mol. The van der Waals surface area contributed by atoms with Crippen LogP contribution in [0, 0.1) is 0 Å². The van der Waals surface area contributed by atoms with Gasteiger partial charge in [0, 0.05) is 15.5 Å². The molecule has 0 atom stereocenters. The molecular formula is C12H48B4I2. The molecule has 6 heteroatoms. The van der Waals surface area contributed by atoms with Crippen molar-refractivity contribution < 1.29 is 0 Å². The Morgan fingerprint density at radius 2 is 0.389 bits per heavy atom. The van der Waals surface area contributed by atoms with Gasteiger partial charge in [-0.05, 0) is 0 Å². The normalized spacial score (nSPS) is 1.44. The van der Waals surface area contributed by atoms with E-state index in [9.17, 15) is 0 Å². The molecule has 0 aromatic rings. The van der Waals surface area contributed by atoms with Crippen molar-refractivity contribution in [2.75, 3.05) is 0 Å². The first-order valence-electron chi connectivity index (χ1n) is 1.10. The van der Waals surface area contributed by atoms with E-state index in [-0.39, 0.29) is 89.1 Å². The van der Waals surface area contributed by atoms with E-state index in [2.05, 4.69) is 0 Å². The fraction of sp³-hybridized carbons (Fsp3) is 1.00. The molecule has 0 rings (SSSR count). The van der Waals surface area contributed by atoms with Crippen molar-refractivity contribution in [3.05, 3.63) is 0 Å². The number of halogens is 2. The average Bonchev–Trinajstić information content (AvgIpc) is 1.39. The van der Waals surface area contributed by atoms with Gasteiger partial charge in [-0.2, -0.15) is 44.7 Å². The molecule has 0 N–H and O–H groups in total. The Kier molecular flexibility index (Phi) is 4980. The molecular weight excluding hydrogens is 441 g/mol. The van der Waals surface area contributed by atoms with Crippen LogP contribution in [0.2, 0.25) is 0 Å². The molecule has 0 heterocycles. The summed E-state index contributed by atoms with van der Waals surface area (Å²) in [6, 6.07) is 0. The van der Waals surface area contributed by atoms with Crippen molar-refractivity contribution >= 4 is 70.3 Å². The molecule has 0 aliphatic carbocycles. The Balaban J connectivity index is -0.000000000889. The lowest BCUT2D eigenvalue weighted by molar-refractivity contribution is 2.50. The van der Waals surface area contributed by atoms with Crippen LogP contribution in [0.25, 0.3) is 0 Å². The SMILES string of the molecule is C.C.C.C.C.C.C.C.C.C.C.C.[B][B]I.[B][B]I. The van der Waals surface area contributed by atoms with Gasteiger partial charge in [-0.3, -0.25) is 0 Å². The van der Waals surface area contributed by atoms with Gasteiger partial charge in [-0.1, -0.05) is 89.1 Å². The lowest BCUT2D eigenvalue weighted by Gasteiger charge is -1.39. The van der Waals surface area contributed by atoms with Gasteiger partial charge in [0.1, 0.15) is 10.1 Å². The minimum absolute atomic E-state index is 0. The first kappa shape index (κ1) is 211. The second kappa shape index (κ2) is 425. The highest BCUT2D eigenvalue weighted by Crippen LogP contribution is 1.58. The zero-order valence-electron chi connectivity index (χ0n) is 3.07. The molecule has 0 aliphatic heterocycles. The van der Waals surface area contributed by atoms with Gasteiger partial charge in [0.2, 0.25) is 0 Å². The summed E-state index contributed by atoms with van der Waals surface area (Å²) in [4.78, 5) is 0. The highest BCUT2D eigenvalue weighted by Gasteiger charge is 1.46. The molecule has 0 saturated heterocycles. The molecule has 0 amide bonds. The van der Waals surface area contributed by atoms with Crippen LogP contribution in [0.3, 0.4) is 0 Å². The smallest absolute Gasteiger partial charge is 0.143 e. The van der Waals surface area contributed by atoms with E-state index in [1.807, 2.05) is 44.7 Å². The standard InChI is InChI=1S/12CH4.2B2I/c;;;;;;;;;;;;2*1-2-3/h12*1H4;;. The summed E-state index contributed by atoms with van der Waals surface area (Å²) in [6.07, 6.45) is 0. The molecule has 0 aromatic heterocycles. The number of rotatable bonds is 0. The first-order chi connectivity index (χ1) is 2.83. The maximum Gasteiger partial charge on any atom is 0.143 e. The fourth-order valence-electron chi connectivity index (χ4n) is 0. The van der Waals surface area contributed by atoms with Gasteiger partial charge < -0.3 is 0 Å². The third-order valence-electron chi connectivity index (χ3n) is 0. The van der Waals surface area contributed by atoms with E-state index in [0.717, 1.165) is 0 Å². The Morgan fingerprint density at radius 3 is 0.389 bits per heavy atom. The molecule has 0 aliphatic rings. The van der Waals surface area contributed by atoms with Crippen LogP contribution in [0.4, 0.5) is 0 Å². The van der Waals surface area contributed by atoms with E-state index >= 15 is 0 Å². The number of hydrogen-bond donors (Lipinski definition) is 0. The van der Waals surface area contributed by atoms with Crippen LogP contribution in [0.15, 0.2) is 0 Å². The van der Waals surface area contributed by atoms with Gasteiger partial charge in [0.05, 0.1) is 0 Å². The van der Waals surface area contributed by atoms with Crippen molar-refractivity contribution in [3.63, 3.8) is 0 Å². The summed E-state index contributed by atoms with van der Waals surface area (Å²) in [5.74, 6) is 0. The van der Waals surface area contributed by atoms with E-state index in [4.69, 9.17) is 15.5 Å². The Labute approximate surface area is 158 Å². The van der Waals surface area contributed by atoms with Gasteiger partial charge in [0.15, 0.2) is 0 Å². The van der Waals surface area contributed by atoms with Gasteiger partial charge in [0.25, 0.3) is 0 Å². The van der Waals surface area contributed by atoms with Gasteiger partial charge in [-0.25, -0.2) is 0 Å². The largest absolute Gasteiger partial charge is 0.171 e. The first-order valence-corrected chi connectivity index (χ1v) is 3.59. The van der Waals surface area contributed by atoms with Crippen molar-refractivity contribution in [1.82, 2.24) is 0 Å². The summed E-state index contributed by atoms with van der Waals surface area (Å²) in [5, 5.41) is 2.94. The third kappa shape index (κ3) is 1670. The second-order valence-electron chi connectivity index (χ2n) is 0.252. The molecule has 0 spiro atoms. The van der Waals surface area contributed by atoms with Crippen molar-refractivity contribution in [3.8, 4) is 0 Å². The highest BCUT2D eigenvalue weighted by molar-refractivity contribution is 14.1. The topological polar surface area (TPSA) is 0 Å². The lowest BCUT2D eigenvalue weighted by Crippen LogP contribution is -1.60. The maximum absolute atomic E-state index is 4.71. The van der Waals surface area contributed by atoms with Crippen molar-refractivity contribution in [2.45, 2.75) is 89.1 Å². The summed E-state index contributed by atoms with van der Waals surface area (Å²) >= 11 is 3.88. The summed E-state index contributed by atoms with van der Waals surface area (Å²) in [5.41, 5.74) is 0. The molecule has 18 heavy (non-hydrogen) atoms.